The van der Waals surface area contributed by atoms with Crippen LogP contribution in [0.3, 0.4) is 0 Å². The lowest BCUT2D eigenvalue weighted by Gasteiger charge is -2.33. The number of halogens is 2. The molecule has 3 aromatic carbocycles. The van der Waals surface area contributed by atoms with Crippen LogP contribution < -0.4 is 9.62 Å². The minimum absolute atomic E-state index is 0.0543. The number of benzene rings is 3. The Morgan fingerprint density at radius 3 is 2.24 bits per heavy atom. The normalized spacial score (nSPS) is 14.5. The summed E-state index contributed by atoms with van der Waals surface area (Å²) in [5.74, 6) is -0.799. The average molecular weight is 617 g/mol. The van der Waals surface area contributed by atoms with Crippen molar-refractivity contribution in [1.82, 2.24) is 10.2 Å². The van der Waals surface area contributed by atoms with Gasteiger partial charge < -0.3 is 10.2 Å². The number of carbonyl (C=O) groups is 2. The molecule has 1 N–H and O–H groups in total. The zero-order valence-electron chi connectivity index (χ0n) is 23.4. The second-order valence-corrected chi connectivity index (χ2v) is 13.3. The summed E-state index contributed by atoms with van der Waals surface area (Å²) in [6.07, 6.45) is 3.91. The van der Waals surface area contributed by atoms with Gasteiger partial charge in [0.05, 0.1) is 10.6 Å². The molecule has 7 nitrogen and oxygen atoms in total. The molecule has 1 aliphatic carbocycles. The van der Waals surface area contributed by atoms with E-state index in [2.05, 4.69) is 5.32 Å². The molecule has 0 radical (unpaired) electrons. The number of sulfonamides is 1. The monoisotopic (exact) mass is 615 g/mol. The number of amides is 2. The summed E-state index contributed by atoms with van der Waals surface area (Å²) < 4.78 is 29.1. The van der Waals surface area contributed by atoms with Crippen LogP contribution in [0.1, 0.15) is 49.3 Å². The summed E-state index contributed by atoms with van der Waals surface area (Å²) in [6.45, 7) is 4.84. The predicted molar refractivity (Wildman–Crippen MR) is 164 cm³/mol. The fourth-order valence-electron chi connectivity index (χ4n) is 5.06. The molecule has 4 rings (SSSR count). The molecule has 0 spiro atoms. The number of aryl methyl sites for hydroxylation is 2. The fourth-order valence-corrected chi connectivity index (χ4v) is 6.97. The highest BCUT2D eigenvalue weighted by atomic mass is 35.5. The van der Waals surface area contributed by atoms with E-state index < -0.39 is 28.5 Å². The van der Waals surface area contributed by atoms with E-state index in [0.717, 1.165) is 41.1 Å². The number of hydrogen-bond donors (Lipinski definition) is 1. The summed E-state index contributed by atoms with van der Waals surface area (Å²) in [4.78, 5) is 28.9. The maximum atomic E-state index is 14.1. The number of anilines is 1. The van der Waals surface area contributed by atoms with E-state index in [4.69, 9.17) is 23.2 Å². The molecule has 1 atom stereocenters. The van der Waals surface area contributed by atoms with Crippen molar-refractivity contribution >= 4 is 50.7 Å². The maximum Gasteiger partial charge on any atom is 0.264 e. The summed E-state index contributed by atoms with van der Waals surface area (Å²) >= 11 is 12.4. The van der Waals surface area contributed by atoms with Crippen molar-refractivity contribution in [3.05, 3.63) is 93.5 Å². The van der Waals surface area contributed by atoms with Gasteiger partial charge in [-0.15, -0.1) is 0 Å². The number of carbonyl (C=O) groups excluding carboxylic acids is 2. The molecule has 1 unspecified atom stereocenters. The zero-order valence-corrected chi connectivity index (χ0v) is 25.8. The van der Waals surface area contributed by atoms with E-state index in [1.54, 1.807) is 62.4 Å². The van der Waals surface area contributed by atoms with E-state index in [9.17, 15) is 18.0 Å². The topological polar surface area (TPSA) is 86.8 Å². The van der Waals surface area contributed by atoms with Crippen LogP contribution >= 0.6 is 23.2 Å². The number of nitrogens with one attached hydrogen (secondary N) is 1. The molecule has 2 amide bonds. The highest BCUT2D eigenvalue weighted by molar-refractivity contribution is 7.92. The van der Waals surface area contributed by atoms with Gasteiger partial charge in [-0.1, -0.05) is 65.9 Å². The molecule has 0 saturated heterocycles. The molecule has 0 heterocycles. The highest BCUT2D eigenvalue weighted by Gasteiger charge is 2.34. The Hall–Kier alpha value is -3.07. The van der Waals surface area contributed by atoms with Crippen LogP contribution in [0, 0.1) is 13.8 Å². The van der Waals surface area contributed by atoms with Crippen LogP contribution in [0.4, 0.5) is 5.69 Å². The second kappa shape index (κ2) is 13.3. The molecule has 218 valence electrons. The van der Waals surface area contributed by atoms with Gasteiger partial charge in [0.1, 0.15) is 12.6 Å². The first-order chi connectivity index (χ1) is 19.5. The lowest BCUT2D eigenvalue weighted by atomic mass is 10.1. The molecule has 10 heteroatoms. The summed E-state index contributed by atoms with van der Waals surface area (Å²) in [5.41, 5.74) is 2.55. The van der Waals surface area contributed by atoms with E-state index in [1.807, 2.05) is 13.0 Å². The van der Waals surface area contributed by atoms with Gasteiger partial charge in [0.2, 0.25) is 11.8 Å². The lowest BCUT2D eigenvalue weighted by molar-refractivity contribution is -0.139. The summed E-state index contributed by atoms with van der Waals surface area (Å²) in [5, 5.41) is 4.02. The van der Waals surface area contributed by atoms with Crippen molar-refractivity contribution in [1.29, 1.82) is 0 Å². The largest absolute Gasteiger partial charge is 0.352 e. The Balaban J connectivity index is 1.71. The van der Waals surface area contributed by atoms with Gasteiger partial charge >= 0.3 is 0 Å². The lowest BCUT2D eigenvalue weighted by Crippen LogP contribution is -2.52. The first kappa shape index (κ1) is 30.9. The van der Waals surface area contributed by atoms with E-state index in [0.29, 0.717) is 21.3 Å². The number of nitrogens with zero attached hydrogens (tertiary/aromatic N) is 2. The number of hydrogen-bond acceptors (Lipinski definition) is 4. The Bertz CT molecular complexity index is 1510. The van der Waals surface area contributed by atoms with Crippen molar-refractivity contribution in [2.24, 2.45) is 0 Å². The first-order valence-corrected chi connectivity index (χ1v) is 15.8. The third-order valence-corrected chi connectivity index (χ3v) is 9.67. The van der Waals surface area contributed by atoms with E-state index >= 15 is 0 Å². The minimum Gasteiger partial charge on any atom is -0.352 e. The molecule has 41 heavy (non-hydrogen) atoms. The van der Waals surface area contributed by atoms with Gasteiger partial charge in [-0.05, 0) is 87.2 Å². The van der Waals surface area contributed by atoms with Gasteiger partial charge in [0, 0.05) is 22.6 Å². The molecule has 3 aromatic rings. The van der Waals surface area contributed by atoms with Crippen molar-refractivity contribution in [2.75, 3.05) is 10.8 Å². The smallest absolute Gasteiger partial charge is 0.264 e. The molecule has 0 bridgehead atoms. The quantitative estimate of drug-likeness (QED) is 0.291. The highest BCUT2D eigenvalue weighted by Crippen LogP contribution is 2.30. The van der Waals surface area contributed by atoms with Crippen LogP contribution in [0.2, 0.25) is 10.0 Å². The zero-order chi connectivity index (χ0) is 29.7. The standard InChI is InChI=1S/C31H35Cl2N3O4S/c1-21-11-14-28(15-12-21)41(39,40)36(29-16-13-26(33)17-22(29)2)20-30(37)35(19-24-7-6-8-25(32)18-24)23(3)31(38)34-27-9-4-5-10-27/h6-8,11-18,23,27H,4-5,9-10,19-20H2,1-3H3,(H,34,38). The Labute approximate surface area is 252 Å². The Morgan fingerprint density at radius 2 is 1.61 bits per heavy atom. The fraction of sp³-hybridized carbons (Fsp3) is 0.355. The molecule has 0 aliphatic heterocycles. The van der Waals surface area contributed by atoms with Crippen LogP contribution in [-0.2, 0) is 26.2 Å². The van der Waals surface area contributed by atoms with Crippen LogP contribution in [-0.4, -0.2) is 43.8 Å². The summed E-state index contributed by atoms with van der Waals surface area (Å²) in [7, 11) is -4.16. The van der Waals surface area contributed by atoms with Gasteiger partial charge in [-0.2, -0.15) is 0 Å². The van der Waals surface area contributed by atoms with Crippen LogP contribution in [0.15, 0.2) is 71.6 Å². The Morgan fingerprint density at radius 1 is 0.951 bits per heavy atom. The van der Waals surface area contributed by atoms with Gasteiger partial charge in [-0.3, -0.25) is 13.9 Å². The summed E-state index contributed by atoms with van der Waals surface area (Å²) in [6, 6.07) is 17.6. The van der Waals surface area contributed by atoms with Gasteiger partial charge in [0.15, 0.2) is 0 Å². The van der Waals surface area contributed by atoms with Gasteiger partial charge in [-0.25, -0.2) is 8.42 Å². The third-order valence-electron chi connectivity index (χ3n) is 7.43. The molecule has 1 aliphatic rings. The van der Waals surface area contributed by atoms with Gasteiger partial charge in [0.25, 0.3) is 10.0 Å². The first-order valence-electron chi connectivity index (χ1n) is 13.7. The molecule has 0 aromatic heterocycles. The molecule has 1 saturated carbocycles. The minimum atomic E-state index is -4.16. The second-order valence-electron chi connectivity index (χ2n) is 10.6. The third kappa shape index (κ3) is 7.61. The Kier molecular flexibility index (Phi) is 10.00. The van der Waals surface area contributed by atoms with Crippen molar-refractivity contribution in [3.8, 4) is 0 Å². The SMILES string of the molecule is Cc1ccc(S(=O)(=O)N(CC(=O)N(Cc2cccc(Cl)c2)C(C)C(=O)NC2CCCC2)c2ccc(Cl)cc2C)cc1. The molecular formula is C31H35Cl2N3O4S. The van der Waals surface area contributed by atoms with Crippen LogP contribution in [0.25, 0.3) is 0 Å². The molecule has 1 fully saturated rings. The van der Waals surface area contributed by atoms with E-state index in [-0.39, 0.29) is 23.4 Å². The predicted octanol–water partition coefficient (Wildman–Crippen LogP) is 6.28. The maximum absolute atomic E-state index is 14.1. The van der Waals surface area contributed by atoms with E-state index in [1.165, 1.54) is 17.0 Å². The average Bonchev–Trinajstić information content (AvgIpc) is 3.43. The molecular weight excluding hydrogens is 581 g/mol. The van der Waals surface area contributed by atoms with Crippen molar-refractivity contribution < 1.29 is 18.0 Å². The van der Waals surface area contributed by atoms with Crippen LogP contribution in [0.5, 0.6) is 0 Å². The van der Waals surface area contributed by atoms with Crippen molar-refractivity contribution in [3.63, 3.8) is 0 Å². The van der Waals surface area contributed by atoms with Crippen molar-refractivity contribution in [2.45, 2.75) is 70.0 Å². The number of rotatable bonds is 10.